The van der Waals surface area contributed by atoms with E-state index in [9.17, 15) is 4.79 Å². The number of carbonyl (C=O) groups excluding carboxylic acids is 1. The topological polar surface area (TPSA) is 29.5 Å². The van der Waals surface area contributed by atoms with Crippen molar-refractivity contribution in [2.45, 2.75) is 46.1 Å². The molecule has 1 rings (SSSR count). The average molecular weight is 227 g/mol. The SMILES string of the molecule is CCCC(C(=O)OC)N1CC(C)CC(C)C1. The molecule has 16 heavy (non-hydrogen) atoms. The van der Waals surface area contributed by atoms with Crippen molar-refractivity contribution in [3.8, 4) is 0 Å². The number of carbonyl (C=O) groups is 1. The standard InChI is InChI=1S/C13H25NO2/c1-5-6-12(13(15)16-4)14-8-10(2)7-11(3)9-14/h10-12H,5-9H2,1-4H3. The van der Waals surface area contributed by atoms with Crippen LogP contribution in [0.5, 0.6) is 0 Å². The number of likely N-dealkylation sites (tertiary alicyclic amines) is 1. The minimum Gasteiger partial charge on any atom is -0.468 e. The molecule has 1 saturated heterocycles. The lowest BCUT2D eigenvalue weighted by molar-refractivity contribution is -0.148. The first-order chi connectivity index (χ1) is 7.58. The highest BCUT2D eigenvalue weighted by atomic mass is 16.5. The number of nitrogens with zero attached hydrogens (tertiary/aromatic N) is 1. The van der Waals surface area contributed by atoms with E-state index >= 15 is 0 Å². The molecule has 3 heteroatoms. The van der Waals surface area contributed by atoms with Gasteiger partial charge in [0.15, 0.2) is 0 Å². The number of hydrogen-bond donors (Lipinski definition) is 0. The maximum atomic E-state index is 11.8. The second-order valence-corrected chi connectivity index (χ2v) is 5.23. The van der Waals surface area contributed by atoms with Crippen molar-refractivity contribution in [1.82, 2.24) is 4.90 Å². The van der Waals surface area contributed by atoms with Gasteiger partial charge in [-0.1, -0.05) is 27.2 Å². The van der Waals surface area contributed by atoms with E-state index in [1.54, 1.807) is 0 Å². The Labute approximate surface area is 99.1 Å². The Morgan fingerprint density at radius 1 is 1.38 bits per heavy atom. The predicted molar refractivity (Wildman–Crippen MR) is 65.2 cm³/mol. The fourth-order valence-corrected chi connectivity index (χ4v) is 2.82. The molecule has 0 radical (unpaired) electrons. The molecule has 0 aromatic carbocycles. The van der Waals surface area contributed by atoms with E-state index in [1.165, 1.54) is 13.5 Å². The molecule has 3 unspecified atom stereocenters. The molecule has 0 amide bonds. The number of esters is 1. The Morgan fingerprint density at radius 3 is 2.38 bits per heavy atom. The zero-order chi connectivity index (χ0) is 12.1. The van der Waals surface area contributed by atoms with Crippen LogP contribution in [0.15, 0.2) is 0 Å². The van der Waals surface area contributed by atoms with E-state index in [-0.39, 0.29) is 12.0 Å². The van der Waals surface area contributed by atoms with Crippen LogP contribution >= 0.6 is 0 Å². The molecule has 3 atom stereocenters. The van der Waals surface area contributed by atoms with Gasteiger partial charge in [-0.3, -0.25) is 9.69 Å². The van der Waals surface area contributed by atoms with Gasteiger partial charge in [-0.05, 0) is 24.7 Å². The fourth-order valence-electron chi connectivity index (χ4n) is 2.82. The smallest absolute Gasteiger partial charge is 0.323 e. The largest absolute Gasteiger partial charge is 0.468 e. The summed E-state index contributed by atoms with van der Waals surface area (Å²) in [6.45, 7) is 8.72. The van der Waals surface area contributed by atoms with Crippen molar-refractivity contribution in [3.05, 3.63) is 0 Å². The van der Waals surface area contributed by atoms with Crippen molar-refractivity contribution in [1.29, 1.82) is 0 Å². The second-order valence-electron chi connectivity index (χ2n) is 5.23. The van der Waals surface area contributed by atoms with Gasteiger partial charge in [0.1, 0.15) is 6.04 Å². The molecule has 0 aromatic rings. The lowest BCUT2D eigenvalue weighted by atomic mass is 9.90. The highest BCUT2D eigenvalue weighted by molar-refractivity contribution is 5.75. The number of ether oxygens (including phenoxy) is 1. The third-order valence-electron chi connectivity index (χ3n) is 3.37. The van der Waals surface area contributed by atoms with Crippen LogP contribution in [0.1, 0.15) is 40.0 Å². The van der Waals surface area contributed by atoms with Crippen LogP contribution in [-0.2, 0) is 9.53 Å². The summed E-state index contributed by atoms with van der Waals surface area (Å²) in [5.74, 6) is 1.31. The zero-order valence-corrected chi connectivity index (χ0v) is 11.0. The van der Waals surface area contributed by atoms with Gasteiger partial charge in [0.05, 0.1) is 7.11 Å². The van der Waals surface area contributed by atoms with Crippen LogP contribution < -0.4 is 0 Å². The van der Waals surface area contributed by atoms with Crippen LogP contribution in [0.25, 0.3) is 0 Å². The van der Waals surface area contributed by atoms with Gasteiger partial charge in [-0.25, -0.2) is 0 Å². The molecule has 3 nitrogen and oxygen atoms in total. The molecule has 0 N–H and O–H groups in total. The Bertz CT molecular complexity index is 220. The van der Waals surface area contributed by atoms with Crippen molar-refractivity contribution in [2.75, 3.05) is 20.2 Å². The third-order valence-corrected chi connectivity index (χ3v) is 3.37. The number of rotatable bonds is 4. The minimum absolute atomic E-state index is 0.0276. The first-order valence-electron chi connectivity index (χ1n) is 6.40. The summed E-state index contributed by atoms with van der Waals surface area (Å²) in [4.78, 5) is 14.1. The van der Waals surface area contributed by atoms with Crippen LogP contribution in [0.3, 0.4) is 0 Å². The molecule has 1 heterocycles. The quantitative estimate of drug-likeness (QED) is 0.690. The van der Waals surface area contributed by atoms with Gasteiger partial charge in [0.25, 0.3) is 0 Å². The Balaban J connectivity index is 2.65. The summed E-state index contributed by atoms with van der Waals surface area (Å²) in [5, 5.41) is 0. The lowest BCUT2D eigenvalue weighted by Gasteiger charge is -2.38. The summed E-state index contributed by atoms with van der Waals surface area (Å²) in [6, 6.07) is -0.0276. The molecular weight excluding hydrogens is 202 g/mol. The van der Waals surface area contributed by atoms with Crippen LogP contribution in [0, 0.1) is 11.8 Å². The van der Waals surface area contributed by atoms with E-state index in [2.05, 4.69) is 25.7 Å². The fraction of sp³-hybridized carbons (Fsp3) is 0.923. The summed E-state index contributed by atoms with van der Waals surface area (Å²) in [5.41, 5.74) is 0. The predicted octanol–water partition coefficient (Wildman–Crippen LogP) is 2.31. The molecule has 1 aliphatic heterocycles. The van der Waals surface area contributed by atoms with E-state index in [1.807, 2.05) is 0 Å². The molecule has 0 spiro atoms. The van der Waals surface area contributed by atoms with Crippen LogP contribution in [-0.4, -0.2) is 37.1 Å². The van der Waals surface area contributed by atoms with Crippen LogP contribution in [0.4, 0.5) is 0 Å². The molecule has 94 valence electrons. The van der Waals surface area contributed by atoms with Crippen molar-refractivity contribution >= 4 is 5.97 Å². The first kappa shape index (κ1) is 13.5. The number of methoxy groups -OCH3 is 1. The van der Waals surface area contributed by atoms with Gasteiger partial charge in [-0.2, -0.15) is 0 Å². The molecule has 1 aliphatic rings. The monoisotopic (exact) mass is 227 g/mol. The van der Waals surface area contributed by atoms with Crippen molar-refractivity contribution in [3.63, 3.8) is 0 Å². The molecule has 1 fully saturated rings. The molecule has 0 bridgehead atoms. The Hall–Kier alpha value is -0.570. The summed E-state index contributed by atoms with van der Waals surface area (Å²) in [7, 11) is 1.49. The van der Waals surface area contributed by atoms with Crippen LogP contribution in [0.2, 0.25) is 0 Å². The molecule has 0 saturated carbocycles. The number of piperidine rings is 1. The van der Waals surface area contributed by atoms with E-state index in [0.29, 0.717) is 11.8 Å². The molecule has 0 aromatic heterocycles. The second kappa shape index (κ2) is 6.24. The highest BCUT2D eigenvalue weighted by Gasteiger charge is 2.31. The average Bonchev–Trinajstić information content (AvgIpc) is 2.23. The van der Waals surface area contributed by atoms with Crippen molar-refractivity contribution in [2.24, 2.45) is 11.8 Å². The molecular formula is C13H25NO2. The van der Waals surface area contributed by atoms with Crippen molar-refractivity contribution < 1.29 is 9.53 Å². The highest BCUT2D eigenvalue weighted by Crippen LogP contribution is 2.24. The zero-order valence-electron chi connectivity index (χ0n) is 11.0. The summed E-state index contributed by atoms with van der Waals surface area (Å²) >= 11 is 0. The van der Waals surface area contributed by atoms with E-state index in [4.69, 9.17) is 4.74 Å². The van der Waals surface area contributed by atoms with Gasteiger partial charge in [0.2, 0.25) is 0 Å². The lowest BCUT2D eigenvalue weighted by Crippen LogP contribution is -2.48. The molecule has 0 aliphatic carbocycles. The Kier molecular flexibility index (Phi) is 5.26. The van der Waals surface area contributed by atoms with E-state index in [0.717, 1.165) is 25.9 Å². The van der Waals surface area contributed by atoms with Gasteiger partial charge >= 0.3 is 5.97 Å². The van der Waals surface area contributed by atoms with E-state index < -0.39 is 0 Å². The third kappa shape index (κ3) is 3.48. The minimum atomic E-state index is -0.0665. The summed E-state index contributed by atoms with van der Waals surface area (Å²) < 4.78 is 4.91. The Morgan fingerprint density at radius 2 is 1.94 bits per heavy atom. The number of hydrogen-bond acceptors (Lipinski definition) is 3. The first-order valence-corrected chi connectivity index (χ1v) is 6.40. The van der Waals surface area contributed by atoms with Gasteiger partial charge < -0.3 is 4.74 Å². The van der Waals surface area contributed by atoms with Gasteiger partial charge in [-0.15, -0.1) is 0 Å². The van der Waals surface area contributed by atoms with Gasteiger partial charge in [0, 0.05) is 13.1 Å². The normalized spacial score (nSPS) is 28.8. The summed E-state index contributed by atoms with van der Waals surface area (Å²) in [6.07, 6.45) is 3.21. The maximum Gasteiger partial charge on any atom is 0.323 e. The maximum absolute atomic E-state index is 11.8.